The molecular weight excluding hydrogens is 248 g/mol. The van der Waals surface area contributed by atoms with Crippen molar-refractivity contribution in [2.45, 2.75) is 25.7 Å². The number of unbranched alkanes of at least 4 members (excludes halogenated alkanes) is 1. The van der Waals surface area contributed by atoms with Crippen LogP contribution in [0, 0.1) is 0 Å². The minimum atomic E-state index is -0.0909. The van der Waals surface area contributed by atoms with Crippen LogP contribution in [0.4, 0.5) is 0 Å². The highest BCUT2D eigenvalue weighted by Gasteiger charge is 2.06. The van der Waals surface area contributed by atoms with E-state index in [0.717, 1.165) is 12.8 Å². The van der Waals surface area contributed by atoms with Crippen LogP contribution in [-0.2, 0) is 11.2 Å². The number of para-hydroxylation sites is 1. The van der Waals surface area contributed by atoms with Crippen LogP contribution in [0.5, 0.6) is 5.75 Å². The van der Waals surface area contributed by atoms with Gasteiger partial charge in [0.25, 0.3) is 0 Å². The number of nitrogens with one attached hydrogen (secondary N) is 1. The largest absolute Gasteiger partial charge is 0.508 e. The van der Waals surface area contributed by atoms with Crippen molar-refractivity contribution in [3.05, 3.63) is 29.8 Å². The molecule has 0 unspecified atom stereocenters. The third kappa shape index (κ3) is 5.63. The van der Waals surface area contributed by atoms with Gasteiger partial charge in [-0.25, -0.2) is 0 Å². The maximum absolute atomic E-state index is 11.6. The van der Waals surface area contributed by atoms with E-state index in [9.17, 15) is 9.90 Å². The first-order valence-corrected chi connectivity index (χ1v) is 6.32. The lowest BCUT2D eigenvalue weighted by molar-refractivity contribution is -0.120. The summed E-state index contributed by atoms with van der Waals surface area (Å²) in [6, 6.07) is 6.84. The second-order valence-corrected chi connectivity index (χ2v) is 4.60. The van der Waals surface area contributed by atoms with Crippen LogP contribution < -0.4 is 11.1 Å². The number of carbonyl (C=O) groups excluding carboxylic acids is 1. The van der Waals surface area contributed by atoms with Crippen LogP contribution in [0.1, 0.15) is 24.8 Å². The molecule has 0 saturated carbocycles. The molecule has 0 radical (unpaired) electrons. The van der Waals surface area contributed by atoms with Crippen LogP contribution in [0.15, 0.2) is 24.3 Å². The van der Waals surface area contributed by atoms with Crippen molar-refractivity contribution in [3.63, 3.8) is 0 Å². The monoisotopic (exact) mass is 266 g/mol. The highest BCUT2D eigenvalue weighted by atomic mass is 32.1. The van der Waals surface area contributed by atoms with E-state index in [4.69, 9.17) is 18.0 Å². The van der Waals surface area contributed by atoms with E-state index in [1.54, 1.807) is 24.3 Å². The molecule has 0 aromatic heterocycles. The number of hydrogen-bond donors (Lipinski definition) is 3. The Labute approximate surface area is 112 Å². The highest BCUT2D eigenvalue weighted by Crippen LogP contribution is 2.15. The molecule has 0 aliphatic heterocycles. The van der Waals surface area contributed by atoms with Crippen molar-refractivity contribution in [2.24, 2.45) is 5.73 Å². The molecule has 4 N–H and O–H groups in total. The van der Waals surface area contributed by atoms with Crippen molar-refractivity contribution in [2.75, 3.05) is 6.54 Å². The molecule has 4 nitrogen and oxygen atoms in total. The number of carbonyl (C=O) groups is 1. The van der Waals surface area contributed by atoms with Crippen LogP contribution >= 0.6 is 12.2 Å². The number of phenolic OH excluding ortho intramolecular Hbond substituents is 1. The minimum absolute atomic E-state index is 0.0909. The van der Waals surface area contributed by atoms with Gasteiger partial charge < -0.3 is 16.2 Å². The van der Waals surface area contributed by atoms with E-state index in [-0.39, 0.29) is 18.1 Å². The molecule has 0 spiro atoms. The zero-order valence-corrected chi connectivity index (χ0v) is 11.0. The number of thiocarbonyl (C=S) groups is 1. The molecule has 0 fully saturated rings. The summed E-state index contributed by atoms with van der Waals surface area (Å²) >= 11 is 4.76. The summed E-state index contributed by atoms with van der Waals surface area (Å²) in [4.78, 5) is 12.1. The molecule has 0 bridgehead atoms. The average Bonchev–Trinajstić information content (AvgIpc) is 2.31. The van der Waals surface area contributed by atoms with E-state index in [1.165, 1.54) is 0 Å². The Morgan fingerprint density at radius 3 is 2.72 bits per heavy atom. The normalized spacial score (nSPS) is 10.0. The number of benzene rings is 1. The molecule has 1 rings (SSSR count). The molecule has 1 aromatic rings. The Kier molecular flexibility index (Phi) is 6.14. The number of phenols is 1. The van der Waals surface area contributed by atoms with Crippen LogP contribution in [-0.4, -0.2) is 22.5 Å². The summed E-state index contributed by atoms with van der Waals surface area (Å²) in [5, 5.41) is 12.3. The molecule has 0 heterocycles. The SMILES string of the molecule is NC(=S)CCCCNC(=O)Cc1ccccc1O. The van der Waals surface area contributed by atoms with E-state index >= 15 is 0 Å². The molecule has 98 valence electrons. The molecule has 5 heteroatoms. The van der Waals surface area contributed by atoms with Gasteiger partial charge in [0, 0.05) is 12.1 Å². The third-order valence-corrected chi connectivity index (χ3v) is 2.72. The lowest BCUT2D eigenvalue weighted by Crippen LogP contribution is -2.26. The summed E-state index contributed by atoms with van der Waals surface area (Å²) in [7, 11) is 0. The predicted octanol–water partition coefficient (Wildman–Crippen LogP) is 1.51. The second kappa shape index (κ2) is 7.66. The lowest BCUT2D eigenvalue weighted by Gasteiger charge is -2.06. The molecule has 0 aliphatic carbocycles. The topological polar surface area (TPSA) is 75.3 Å². The Balaban J connectivity index is 2.22. The summed E-state index contributed by atoms with van der Waals surface area (Å²) in [5.41, 5.74) is 6.01. The summed E-state index contributed by atoms with van der Waals surface area (Å²) in [6.07, 6.45) is 2.64. The third-order valence-electron chi connectivity index (χ3n) is 2.51. The first-order valence-electron chi connectivity index (χ1n) is 5.91. The van der Waals surface area contributed by atoms with Gasteiger partial charge in [-0.2, -0.15) is 0 Å². The van der Waals surface area contributed by atoms with Crippen LogP contribution in [0.2, 0.25) is 0 Å². The average molecular weight is 266 g/mol. The fourth-order valence-corrected chi connectivity index (χ4v) is 1.69. The molecule has 1 amide bonds. The van der Waals surface area contributed by atoms with Crippen molar-refractivity contribution in [1.82, 2.24) is 5.32 Å². The molecule has 18 heavy (non-hydrogen) atoms. The van der Waals surface area contributed by atoms with Gasteiger partial charge in [0.1, 0.15) is 5.75 Å². The molecule has 0 atom stereocenters. The first-order chi connectivity index (χ1) is 8.59. The maximum Gasteiger partial charge on any atom is 0.224 e. The predicted molar refractivity (Wildman–Crippen MR) is 75.5 cm³/mol. The Bertz CT molecular complexity index is 421. The molecule has 1 aromatic carbocycles. The number of nitrogens with two attached hydrogens (primary N) is 1. The molecule has 0 aliphatic rings. The maximum atomic E-state index is 11.6. The second-order valence-electron chi connectivity index (χ2n) is 4.08. The van der Waals surface area contributed by atoms with Crippen molar-refractivity contribution in [3.8, 4) is 5.75 Å². The van der Waals surface area contributed by atoms with Gasteiger partial charge in [-0.1, -0.05) is 30.4 Å². The zero-order valence-electron chi connectivity index (χ0n) is 10.2. The fraction of sp³-hybridized carbons (Fsp3) is 0.385. The van der Waals surface area contributed by atoms with Crippen molar-refractivity contribution in [1.29, 1.82) is 0 Å². The Morgan fingerprint density at radius 1 is 1.33 bits per heavy atom. The van der Waals surface area contributed by atoms with E-state index in [2.05, 4.69) is 5.32 Å². The zero-order chi connectivity index (χ0) is 13.4. The Morgan fingerprint density at radius 2 is 2.06 bits per heavy atom. The number of hydrogen-bond acceptors (Lipinski definition) is 3. The fourth-order valence-electron chi connectivity index (χ4n) is 1.55. The van der Waals surface area contributed by atoms with Gasteiger partial charge in [0.15, 0.2) is 0 Å². The van der Waals surface area contributed by atoms with Crippen molar-refractivity contribution >= 4 is 23.1 Å². The summed E-state index contributed by atoms with van der Waals surface area (Å²) in [6.45, 7) is 0.606. The van der Waals surface area contributed by atoms with E-state index in [0.29, 0.717) is 23.5 Å². The van der Waals surface area contributed by atoms with Gasteiger partial charge in [0.05, 0.1) is 11.4 Å². The van der Waals surface area contributed by atoms with E-state index in [1.807, 2.05) is 0 Å². The lowest BCUT2D eigenvalue weighted by atomic mass is 10.1. The smallest absolute Gasteiger partial charge is 0.224 e. The Hall–Kier alpha value is -1.62. The number of amides is 1. The summed E-state index contributed by atoms with van der Waals surface area (Å²) < 4.78 is 0. The minimum Gasteiger partial charge on any atom is -0.508 e. The van der Waals surface area contributed by atoms with Gasteiger partial charge >= 0.3 is 0 Å². The van der Waals surface area contributed by atoms with Gasteiger partial charge in [-0.05, 0) is 25.3 Å². The van der Waals surface area contributed by atoms with Crippen LogP contribution in [0.25, 0.3) is 0 Å². The summed E-state index contributed by atoms with van der Waals surface area (Å²) in [5.74, 6) is 0.0629. The quantitative estimate of drug-likeness (QED) is 0.516. The van der Waals surface area contributed by atoms with Gasteiger partial charge in [-0.15, -0.1) is 0 Å². The van der Waals surface area contributed by atoms with Gasteiger partial charge in [0.2, 0.25) is 5.91 Å². The van der Waals surface area contributed by atoms with Gasteiger partial charge in [-0.3, -0.25) is 4.79 Å². The van der Waals surface area contributed by atoms with Crippen LogP contribution in [0.3, 0.4) is 0 Å². The standard InChI is InChI=1S/C13H18N2O2S/c14-12(18)7-3-4-8-15-13(17)9-10-5-1-2-6-11(10)16/h1-2,5-6,16H,3-4,7-9H2,(H2,14,18)(H,15,17). The first kappa shape index (κ1) is 14.4. The molecular formula is C13H18N2O2S. The highest BCUT2D eigenvalue weighted by molar-refractivity contribution is 7.80. The van der Waals surface area contributed by atoms with E-state index < -0.39 is 0 Å². The number of rotatable bonds is 7. The molecule has 0 saturated heterocycles. The number of aromatic hydroxyl groups is 1. The van der Waals surface area contributed by atoms with Crippen molar-refractivity contribution < 1.29 is 9.90 Å².